The van der Waals surface area contributed by atoms with Crippen LogP contribution in [0.1, 0.15) is 39.7 Å². The predicted molar refractivity (Wildman–Crippen MR) is 149 cm³/mol. The molecule has 1 aliphatic heterocycles. The summed E-state index contributed by atoms with van der Waals surface area (Å²) >= 11 is 0. The molecule has 3 heterocycles. The normalized spacial score (nSPS) is 16.2. The maximum atomic E-state index is 13.3. The Morgan fingerprint density at radius 2 is 1.65 bits per heavy atom. The SMILES string of the molecule is CC(C)(C)OC(=O)N1CCCC(n2nc(-c3ccc(Oc4ccccc4)cc3)c3c(OS(=O)(=O)C(F)(F)F)ncnc32)C1. The van der Waals surface area contributed by atoms with Crippen molar-refractivity contribution in [2.75, 3.05) is 13.1 Å². The van der Waals surface area contributed by atoms with Gasteiger partial charge in [0.2, 0.25) is 5.88 Å². The van der Waals surface area contributed by atoms with E-state index in [2.05, 4.69) is 19.2 Å². The topological polar surface area (TPSA) is 126 Å². The van der Waals surface area contributed by atoms with Crippen LogP contribution in [0, 0.1) is 0 Å². The number of alkyl halides is 3. The van der Waals surface area contributed by atoms with Gasteiger partial charge in [-0.3, -0.25) is 0 Å². The van der Waals surface area contributed by atoms with Crippen molar-refractivity contribution in [2.45, 2.75) is 50.8 Å². The molecule has 1 saturated heterocycles. The molecule has 228 valence electrons. The van der Waals surface area contributed by atoms with Crippen molar-refractivity contribution < 1.29 is 40.0 Å². The largest absolute Gasteiger partial charge is 0.534 e. The molecule has 4 aromatic rings. The van der Waals surface area contributed by atoms with Gasteiger partial charge in [0.25, 0.3) is 0 Å². The zero-order valence-electron chi connectivity index (χ0n) is 23.4. The van der Waals surface area contributed by atoms with Crippen LogP contribution in [0.25, 0.3) is 22.3 Å². The number of rotatable bonds is 6. The molecule has 0 bridgehead atoms. The minimum absolute atomic E-state index is 0.0398. The van der Waals surface area contributed by atoms with Crippen LogP contribution < -0.4 is 8.92 Å². The number of fused-ring (bicyclic) bond motifs is 1. The molecule has 11 nitrogen and oxygen atoms in total. The smallest absolute Gasteiger partial charge is 0.457 e. The average Bonchev–Trinajstić information content (AvgIpc) is 3.33. The van der Waals surface area contributed by atoms with Crippen LogP contribution in [0.5, 0.6) is 17.4 Å². The number of para-hydroxylation sites is 1. The molecule has 1 aliphatic rings. The van der Waals surface area contributed by atoms with Crippen LogP contribution in [0.15, 0.2) is 60.9 Å². The van der Waals surface area contributed by atoms with Gasteiger partial charge in [0.1, 0.15) is 34.5 Å². The molecule has 43 heavy (non-hydrogen) atoms. The van der Waals surface area contributed by atoms with Crippen LogP contribution in [0.2, 0.25) is 0 Å². The maximum absolute atomic E-state index is 13.3. The first-order valence-corrected chi connectivity index (χ1v) is 14.7. The lowest BCUT2D eigenvalue weighted by Crippen LogP contribution is -2.43. The minimum atomic E-state index is -6.05. The van der Waals surface area contributed by atoms with E-state index in [-0.39, 0.29) is 23.3 Å². The number of benzene rings is 2. The van der Waals surface area contributed by atoms with Gasteiger partial charge in [-0.2, -0.15) is 31.7 Å². The van der Waals surface area contributed by atoms with Crippen LogP contribution in [-0.2, 0) is 14.9 Å². The highest BCUT2D eigenvalue weighted by atomic mass is 32.2. The Balaban J connectivity index is 1.56. The van der Waals surface area contributed by atoms with Gasteiger partial charge in [-0.05, 0) is 70.0 Å². The lowest BCUT2D eigenvalue weighted by Gasteiger charge is -2.34. The van der Waals surface area contributed by atoms with Crippen molar-refractivity contribution in [3.05, 3.63) is 60.9 Å². The molecule has 2 aromatic carbocycles. The zero-order valence-corrected chi connectivity index (χ0v) is 24.2. The van der Waals surface area contributed by atoms with Gasteiger partial charge < -0.3 is 18.6 Å². The summed E-state index contributed by atoms with van der Waals surface area (Å²) in [4.78, 5) is 22.3. The van der Waals surface area contributed by atoms with Crippen LogP contribution in [0.3, 0.4) is 0 Å². The first kappa shape index (κ1) is 30.1. The third-order valence-electron chi connectivity index (χ3n) is 6.43. The minimum Gasteiger partial charge on any atom is -0.457 e. The van der Waals surface area contributed by atoms with Gasteiger partial charge >= 0.3 is 21.7 Å². The van der Waals surface area contributed by atoms with Crippen molar-refractivity contribution in [3.8, 4) is 28.6 Å². The van der Waals surface area contributed by atoms with Gasteiger partial charge in [-0.1, -0.05) is 18.2 Å². The number of likely N-dealkylation sites (tertiary alicyclic amines) is 1. The number of carbonyl (C=O) groups is 1. The predicted octanol–water partition coefficient (Wildman–Crippen LogP) is 6.09. The Kier molecular flexibility index (Phi) is 7.94. The molecule has 2 aromatic heterocycles. The standard InChI is InChI=1S/C28H28F3N5O6S/c1-27(2,3)41-26(37)35-15-7-8-19(16-35)36-24-22(25(33-17-32-24)42-43(38,39)28(29,30)31)23(34-36)18-11-13-21(14-12-18)40-20-9-5-4-6-10-20/h4-6,9-14,17,19H,7-8,15-16H2,1-3H3. The lowest BCUT2D eigenvalue weighted by atomic mass is 10.1. The highest BCUT2D eigenvalue weighted by molar-refractivity contribution is 7.88. The van der Waals surface area contributed by atoms with Crippen LogP contribution in [0.4, 0.5) is 18.0 Å². The van der Waals surface area contributed by atoms with Crippen molar-refractivity contribution in [1.82, 2.24) is 24.6 Å². The maximum Gasteiger partial charge on any atom is 0.534 e. The number of amides is 1. The molecule has 5 rings (SSSR count). The summed E-state index contributed by atoms with van der Waals surface area (Å²) in [6.45, 7) is 5.87. The van der Waals surface area contributed by atoms with Gasteiger partial charge in [0, 0.05) is 18.7 Å². The molecule has 1 amide bonds. The summed E-state index contributed by atoms with van der Waals surface area (Å²) in [5.41, 5.74) is -5.86. The van der Waals surface area contributed by atoms with Crippen molar-refractivity contribution >= 4 is 27.2 Å². The molecule has 15 heteroatoms. The molecule has 1 unspecified atom stereocenters. The van der Waals surface area contributed by atoms with Gasteiger partial charge in [0.15, 0.2) is 5.65 Å². The summed E-state index contributed by atoms with van der Waals surface area (Å²) in [6.07, 6.45) is 1.53. The Bertz CT molecular complexity index is 1720. The number of aromatic nitrogens is 4. The highest BCUT2D eigenvalue weighted by Gasteiger charge is 2.49. The third kappa shape index (κ3) is 6.66. The number of hydrogen-bond acceptors (Lipinski definition) is 9. The van der Waals surface area contributed by atoms with Gasteiger partial charge in [0.05, 0.1) is 6.04 Å². The van der Waals surface area contributed by atoms with Crippen molar-refractivity contribution in [3.63, 3.8) is 0 Å². The first-order valence-electron chi connectivity index (χ1n) is 13.3. The average molecular weight is 620 g/mol. The number of halogens is 3. The molecule has 1 fully saturated rings. The molecule has 0 radical (unpaired) electrons. The van der Waals surface area contributed by atoms with Crippen molar-refractivity contribution in [1.29, 1.82) is 0 Å². The second kappa shape index (κ2) is 11.4. The third-order valence-corrected chi connectivity index (χ3v) is 7.37. The van der Waals surface area contributed by atoms with Gasteiger partial charge in [-0.25, -0.2) is 14.5 Å². The van der Waals surface area contributed by atoms with E-state index >= 15 is 0 Å². The molecular formula is C28H28F3N5O6S. The number of ether oxygens (including phenoxy) is 2. The molecule has 0 spiro atoms. The second-order valence-corrected chi connectivity index (χ2v) is 12.4. The summed E-state index contributed by atoms with van der Waals surface area (Å²) in [5, 5.41) is 4.52. The monoisotopic (exact) mass is 619 g/mol. The lowest BCUT2D eigenvalue weighted by molar-refractivity contribution is -0.0501. The fourth-order valence-electron chi connectivity index (χ4n) is 4.57. The van der Waals surface area contributed by atoms with E-state index in [0.717, 1.165) is 6.33 Å². The Labute approximate surface area is 245 Å². The van der Waals surface area contributed by atoms with Crippen LogP contribution in [-0.4, -0.2) is 63.4 Å². The summed E-state index contributed by atoms with van der Waals surface area (Å²) in [6, 6.07) is 15.1. The molecule has 1 atom stereocenters. The fourth-order valence-corrected chi connectivity index (χ4v) is 5.00. The van der Waals surface area contributed by atoms with E-state index in [1.165, 1.54) is 9.58 Å². The van der Waals surface area contributed by atoms with E-state index in [4.69, 9.17) is 9.47 Å². The Morgan fingerprint density at radius 1 is 0.977 bits per heavy atom. The number of piperidine rings is 1. The quantitative estimate of drug-likeness (QED) is 0.186. The number of carbonyl (C=O) groups excluding carboxylic acids is 1. The molecule has 0 aliphatic carbocycles. The summed E-state index contributed by atoms with van der Waals surface area (Å²) < 4.78 is 81.0. The van der Waals surface area contributed by atoms with Gasteiger partial charge in [-0.15, -0.1) is 0 Å². The summed E-state index contributed by atoms with van der Waals surface area (Å²) in [7, 11) is -6.05. The van der Waals surface area contributed by atoms with Crippen LogP contribution >= 0.6 is 0 Å². The van der Waals surface area contributed by atoms with E-state index < -0.39 is 39.2 Å². The zero-order chi connectivity index (χ0) is 31.0. The molecule has 0 N–H and O–H groups in total. The Hall–Kier alpha value is -4.40. The van der Waals surface area contributed by atoms with E-state index in [1.807, 2.05) is 18.2 Å². The fraction of sp³-hybridized carbons (Fsp3) is 0.357. The van der Waals surface area contributed by atoms with E-state index in [9.17, 15) is 26.4 Å². The summed E-state index contributed by atoms with van der Waals surface area (Å²) in [5.74, 6) is 0.248. The Morgan fingerprint density at radius 3 is 2.30 bits per heavy atom. The van der Waals surface area contributed by atoms with Crippen molar-refractivity contribution in [2.24, 2.45) is 0 Å². The number of hydrogen-bond donors (Lipinski definition) is 0. The highest BCUT2D eigenvalue weighted by Crippen LogP contribution is 2.38. The molecular weight excluding hydrogens is 591 g/mol. The second-order valence-electron chi connectivity index (χ2n) is 10.8. The first-order chi connectivity index (χ1) is 20.2. The van der Waals surface area contributed by atoms with E-state index in [0.29, 0.717) is 36.4 Å². The molecule has 0 saturated carbocycles. The number of nitrogens with zero attached hydrogens (tertiary/aromatic N) is 5. The van der Waals surface area contributed by atoms with E-state index in [1.54, 1.807) is 57.2 Å².